The van der Waals surface area contributed by atoms with Crippen molar-refractivity contribution in [2.24, 2.45) is 21.0 Å². The lowest BCUT2D eigenvalue weighted by atomic mass is 10.2. The van der Waals surface area contributed by atoms with E-state index < -0.39 is 11.6 Å². The Hall–Kier alpha value is -3.09. The van der Waals surface area contributed by atoms with Gasteiger partial charge in [0, 0.05) is 11.1 Å². The molecule has 0 saturated heterocycles. The number of benzene rings is 2. The Labute approximate surface area is 125 Å². The highest BCUT2D eigenvalue weighted by atomic mass is 19.1. The maximum atomic E-state index is 13.3. The Kier molecular flexibility index (Phi) is 5.31. The Bertz CT molecular complexity index is 725. The van der Waals surface area contributed by atoms with E-state index in [-0.39, 0.29) is 11.5 Å². The zero-order chi connectivity index (χ0) is 15.8. The van der Waals surface area contributed by atoms with Crippen molar-refractivity contribution in [3.63, 3.8) is 0 Å². The van der Waals surface area contributed by atoms with Gasteiger partial charge < -0.3 is 5.73 Å². The van der Waals surface area contributed by atoms with Gasteiger partial charge in [0.05, 0.1) is 12.4 Å². The van der Waals surface area contributed by atoms with Crippen LogP contribution < -0.4 is 11.2 Å². The van der Waals surface area contributed by atoms with Gasteiger partial charge in [-0.2, -0.15) is 10.2 Å². The van der Waals surface area contributed by atoms with Crippen LogP contribution in [0, 0.1) is 11.6 Å². The van der Waals surface area contributed by atoms with Crippen LogP contribution in [-0.4, -0.2) is 18.4 Å². The molecule has 0 heterocycles. The first-order chi connectivity index (χ1) is 10.7. The van der Waals surface area contributed by atoms with Gasteiger partial charge in [0.15, 0.2) is 0 Å². The molecule has 7 heteroatoms. The van der Waals surface area contributed by atoms with Gasteiger partial charge in [0.25, 0.3) is 0 Å². The molecule has 2 aromatic carbocycles. The average molecular weight is 301 g/mol. The van der Waals surface area contributed by atoms with Crippen LogP contribution in [0.4, 0.5) is 8.78 Å². The minimum Gasteiger partial charge on any atom is -0.367 e. The number of nitrogens with two attached hydrogens (primary N) is 1. The van der Waals surface area contributed by atoms with E-state index in [0.29, 0.717) is 5.56 Å². The number of nitrogens with zero attached hydrogens (tertiary/aromatic N) is 3. The lowest BCUT2D eigenvalue weighted by molar-refractivity contribution is 0.625. The molecule has 0 aliphatic carbocycles. The Morgan fingerprint density at radius 3 is 2.05 bits per heavy atom. The van der Waals surface area contributed by atoms with Gasteiger partial charge in [-0.3, -0.25) is 0 Å². The summed E-state index contributed by atoms with van der Waals surface area (Å²) in [6.07, 6.45) is 2.49. The minimum atomic E-state index is -0.412. The molecule has 2 rings (SSSR count). The summed E-state index contributed by atoms with van der Waals surface area (Å²) in [6, 6.07) is 12.2. The third-order valence-corrected chi connectivity index (χ3v) is 2.56. The second-order valence-electron chi connectivity index (χ2n) is 4.14. The van der Waals surface area contributed by atoms with Crippen molar-refractivity contribution in [3.8, 4) is 0 Å². The predicted octanol–water partition coefficient (Wildman–Crippen LogP) is 2.24. The zero-order valence-electron chi connectivity index (χ0n) is 11.4. The van der Waals surface area contributed by atoms with Crippen LogP contribution >= 0.6 is 0 Å². The molecule has 3 N–H and O–H groups in total. The van der Waals surface area contributed by atoms with Crippen molar-refractivity contribution in [1.29, 1.82) is 0 Å². The largest absolute Gasteiger partial charge is 0.367 e. The highest BCUT2D eigenvalue weighted by Gasteiger charge is 1.96. The third kappa shape index (κ3) is 4.48. The molecule has 0 bridgehead atoms. The molecule has 0 saturated carbocycles. The second kappa shape index (κ2) is 7.63. The van der Waals surface area contributed by atoms with E-state index >= 15 is 0 Å². The molecular formula is C15H13F2N5. The molecule has 2 aromatic rings. The highest BCUT2D eigenvalue weighted by molar-refractivity contribution is 5.84. The van der Waals surface area contributed by atoms with Crippen molar-refractivity contribution in [2.45, 2.75) is 0 Å². The smallest absolute Gasteiger partial charge is 0.234 e. The lowest BCUT2D eigenvalue weighted by Crippen LogP contribution is -2.26. The Morgan fingerprint density at radius 1 is 0.909 bits per heavy atom. The van der Waals surface area contributed by atoms with Crippen LogP contribution in [0.1, 0.15) is 11.1 Å². The van der Waals surface area contributed by atoms with Gasteiger partial charge in [0.1, 0.15) is 11.6 Å². The number of hydrogen-bond acceptors (Lipinski definition) is 3. The van der Waals surface area contributed by atoms with Gasteiger partial charge in [-0.25, -0.2) is 14.2 Å². The van der Waals surface area contributed by atoms with Crippen LogP contribution in [0.25, 0.3) is 0 Å². The van der Waals surface area contributed by atoms with Crippen LogP contribution in [0.15, 0.2) is 63.8 Å². The summed E-state index contributed by atoms with van der Waals surface area (Å²) in [7, 11) is 0. The number of hydrazone groups is 1. The monoisotopic (exact) mass is 301 g/mol. The molecule has 0 spiro atoms. The van der Waals surface area contributed by atoms with Crippen LogP contribution in [0.2, 0.25) is 0 Å². The molecule has 5 nitrogen and oxygen atoms in total. The van der Waals surface area contributed by atoms with E-state index in [1.807, 2.05) is 0 Å². The van der Waals surface area contributed by atoms with E-state index in [1.54, 1.807) is 36.4 Å². The molecule has 22 heavy (non-hydrogen) atoms. The molecular weight excluding hydrogens is 288 g/mol. The maximum Gasteiger partial charge on any atom is 0.234 e. The van der Waals surface area contributed by atoms with Crippen molar-refractivity contribution >= 4 is 18.4 Å². The quantitative estimate of drug-likeness (QED) is 0.516. The number of halogens is 2. The molecule has 0 radical (unpaired) electrons. The average Bonchev–Trinajstić information content (AvgIpc) is 2.51. The topological polar surface area (TPSA) is 75.1 Å². The lowest BCUT2D eigenvalue weighted by Gasteiger charge is -1.97. The molecule has 0 aromatic heterocycles. The van der Waals surface area contributed by atoms with Crippen LogP contribution in [0.3, 0.4) is 0 Å². The number of rotatable bonds is 4. The molecule has 112 valence electrons. The highest BCUT2D eigenvalue weighted by Crippen LogP contribution is 2.03. The summed E-state index contributed by atoms with van der Waals surface area (Å²) >= 11 is 0. The van der Waals surface area contributed by atoms with Crippen molar-refractivity contribution < 1.29 is 8.78 Å². The summed E-state index contributed by atoms with van der Waals surface area (Å²) in [5, 5.41) is 11.0. The molecule has 0 unspecified atom stereocenters. The van der Waals surface area contributed by atoms with Crippen molar-refractivity contribution in [3.05, 3.63) is 71.3 Å². The minimum absolute atomic E-state index is 0.111. The number of guanidine groups is 1. The zero-order valence-corrected chi connectivity index (χ0v) is 11.4. The fraction of sp³-hybridized carbons (Fsp3) is 0. The van der Waals surface area contributed by atoms with Crippen molar-refractivity contribution in [2.75, 3.05) is 0 Å². The number of hydrogen-bond donors (Lipinski definition) is 2. The van der Waals surface area contributed by atoms with Gasteiger partial charge in [-0.05, 0) is 12.1 Å². The maximum absolute atomic E-state index is 13.3. The van der Waals surface area contributed by atoms with E-state index in [9.17, 15) is 8.78 Å². The van der Waals surface area contributed by atoms with Crippen LogP contribution in [-0.2, 0) is 0 Å². The molecule has 0 fully saturated rings. The summed E-state index contributed by atoms with van der Waals surface area (Å²) in [4.78, 5) is 0. The second-order valence-corrected chi connectivity index (χ2v) is 4.14. The molecule has 0 aliphatic heterocycles. The van der Waals surface area contributed by atoms with Gasteiger partial charge in [-0.1, -0.05) is 36.4 Å². The first kappa shape index (κ1) is 15.3. The first-order valence-corrected chi connectivity index (χ1v) is 6.31. The van der Waals surface area contributed by atoms with E-state index in [0.717, 1.165) is 0 Å². The first-order valence-electron chi connectivity index (χ1n) is 6.31. The van der Waals surface area contributed by atoms with Gasteiger partial charge >= 0.3 is 0 Å². The molecule has 0 amide bonds. The molecule has 0 aliphatic rings. The van der Waals surface area contributed by atoms with E-state index in [2.05, 4.69) is 20.7 Å². The fourth-order valence-electron chi connectivity index (χ4n) is 1.50. The summed E-state index contributed by atoms with van der Waals surface area (Å²) in [5.74, 6) is -0.924. The third-order valence-electron chi connectivity index (χ3n) is 2.56. The van der Waals surface area contributed by atoms with E-state index in [4.69, 9.17) is 5.73 Å². The summed E-state index contributed by atoms with van der Waals surface area (Å²) in [5.41, 5.74) is 8.47. The summed E-state index contributed by atoms with van der Waals surface area (Å²) in [6.45, 7) is 0. The normalized spacial score (nSPS) is 12.2. The van der Waals surface area contributed by atoms with Crippen molar-refractivity contribution in [1.82, 2.24) is 5.43 Å². The predicted molar refractivity (Wildman–Crippen MR) is 82.7 cm³/mol. The summed E-state index contributed by atoms with van der Waals surface area (Å²) < 4.78 is 26.6. The molecule has 0 atom stereocenters. The SMILES string of the molecule is NC(=N/N=C/c1ccccc1F)N/N=C/c1ccccc1F. The standard InChI is InChI=1S/C15H13F2N5/c16-13-7-3-1-5-11(13)9-19-21-15(18)22-20-10-12-6-2-4-8-14(12)17/h1-10H,(H3,18,21,22)/b19-9+,20-10+. The number of nitrogens with one attached hydrogen (secondary N) is 1. The Balaban J connectivity index is 1.93. The van der Waals surface area contributed by atoms with E-state index in [1.165, 1.54) is 24.6 Å². The van der Waals surface area contributed by atoms with Gasteiger partial charge in [-0.15, -0.1) is 5.10 Å². The van der Waals surface area contributed by atoms with Crippen LogP contribution in [0.5, 0.6) is 0 Å². The Morgan fingerprint density at radius 2 is 1.45 bits per heavy atom. The fourth-order valence-corrected chi connectivity index (χ4v) is 1.50. The van der Waals surface area contributed by atoms with Gasteiger partial charge in [0.2, 0.25) is 5.96 Å².